The van der Waals surface area contributed by atoms with E-state index in [0.29, 0.717) is 11.6 Å². The minimum atomic E-state index is 0.538. The van der Waals surface area contributed by atoms with Gasteiger partial charge in [0.15, 0.2) is 11.0 Å². The largest absolute Gasteiger partial charge is 0.497 e. The fourth-order valence-electron chi connectivity index (χ4n) is 3.36. The van der Waals surface area contributed by atoms with Crippen molar-refractivity contribution < 1.29 is 9.47 Å². The molecule has 2 heterocycles. The van der Waals surface area contributed by atoms with Crippen LogP contribution in [0.1, 0.15) is 5.82 Å². The van der Waals surface area contributed by atoms with Crippen molar-refractivity contribution in [2.75, 3.05) is 51.0 Å². The molecule has 7 nitrogen and oxygen atoms in total. The van der Waals surface area contributed by atoms with Crippen molar-refractivity contribution in [1.82, 2.24) is 19.7 Å². The van der Waals surface area contributed by atoms with Crippen molar-refractivity contribution in [3.8, 4) is 11.4 Å². The molecule has 0 bridgehead atoms. The summed E-state index contributed by atoms with van der Waals surface area (Å²) in [5, 5.41) is 13.9. The highest BCUT2D eigenvalue weighted by Gasteiger charge is 2.16. The molecule has 0 atom stereocenters. The van der Waals surface area contributed by atoms with E-state index in [0.717, 1.165) is 66.7 Å². The van der Waals surface area contributed by atoms with Crippen LogP contribution >= 0.6 is 23.4 Å². The van der Waals surface area contributed by atoms with Crippen LogP contribution in [0.25, 0.3) is 5.69 Å². The summed E-state index contributed by atoms with van der Waals surface area (Å²) in [6.45, 7) is 5.12. The molecule has 0 saturated carbocycles. The molecule has 1 N–H and O–H groups in total. The summed E-state index contributed by atoms with van der Waals surface area (Å²) in [6, 6.07) is 15.6. The quantitative estimate of drug-likeness (QED) is 0.486. The van der Waals surface area contributed by atoms with Gasteiger partial charge in [-0.05, 0) is 42.5 Å². The number of halogens is 1. The zero-order valence-corrected chi connectivity index (χ0v) is 19.0. The molecule has 1 aliphatic heterocycles. The number of benzene rings is 2. The van der Waals surface area contributed by atoms with Crippen LogP contribution in [0.15, 0.2) is 53.7 Å². The number of morpholine rings is 1. The monoisotopic (exact) mass is 459 g/mol. The summed E-state index contributed by atoms with van der Waals surface area (Å²) in [4.78, 5) is 2.42. The lowest BCUT2D eigenvalue weighted by Crippen LogP contribution is -2.37. The Bertz CT molecular complexity index is 976. The van der Waals surface area contributed by atoms with Crippen LogP contribution in [-0.4, -0.2) is 65.4 Å². The Morgan fingerprint density at radius 1 is 1.13 bits per heavy atom. The summed E-state index contributed by atoms with van der Waals surface area (Å²) in [6.07, 6.45) is 0. The molecule has 0 unspecified atom stereocenters. The van der Waals surface area contributed by atoms with E-state index in [9.17, 15) is 0 Å². The molecule has 1 saturated heterocycles. The fourth-order valence-corrected chi connectivity index (χ4v) is 4.52. The molecule has 4 rings (SSSR count). The fraction of sp³-hybridized carbons (Fsp3) is 0.364. The molecule has 1 fully saturated rings. The summed E-state index contributed by atoms with van der Waals surface area (Å²) < 4.78 is 12.7. The number of hydrogen-bond acceptors (Lipinski definition) is 7. The highest BCUT2D eigenvalue weighted by molar-refractivity contribution is 7.99. The number of nitrogens with zero attached hydrogens (tertiary/aromatic N) is 4. The van der Waals surface area contributed by atoms with Crippen LogP contribution < -0.4 is 10.1 Å². The molecule has 1 aromatic heterocycles. The second-order valence-electron chi connectivity index (χ2n) is 7.10. The van der Waals surface area contributed by atoms with Gasteiger partial charge in [-0.15, -0.1) is 10.2 Å². The number of ether oxygens (including phenoxy) is 2. The summed E-state index contributed by atoms with van der Waals surface area (Å²) in [7, 11) is 1.66. The number of rotatable bonds is 9. The number of nitrogens with one attached hydrogen (secondary N) is 1. The third-order valence-electron chi connectivity index (χ3n) is 5.05. The Morgan fingerprint density at radius 3 is 2.68 bits per heavy atom. The zero-order chi connectivity index (χ0) is 21.5. The van der Waals surface area contributed by atoms with Gasteiger partial charge in [-0.1, -0.05) is 29.4 Å². The molecule has 0 radical (unpaired) electrons. The average molecular weight is 460 g/mol. The van der Waals surface area contributed by atoms with Gasteiger partial charge in [0, 0.05) is 36.1 Å². The van der Waals surface area contributed by atoms with E-state index in [1.54, 1.807) is 18.9 Å². The molecule has 164 valence electrons. The highest BCUT2D eigenvalue weighted by atomic mass is 35.5. The average Bonchev–Trinajstić information content (AvgIpc) is 3.21. The SMILES string of the molecule is COc1ccc(NCc2nnc(SCCN3CCOCC3)n2-c2cccc(Cl)c2)cc1. The van der Waals surface area contributed by atoms with Gasteiger partial charge in [0.2, 0.25) is 0 Å². The van der Waals surface area contributed by atoms with Gasteiger partial charge in [0.1, 0.15) is 5.75 Å². The lowest BCUT2D eigenvalue weighted by molar-refractivity contribution is 0.0410. The Kier molecular flexibility index (Phi) is 7.69. The van der Waals surface area contributed by atoms with Crippen LogP contribution in [0, 0.1) is 0 Å². The molecule has 31 heavy (non-hydrogen) atoms. The summed E-state index contributed by atoms with van der Waals surface area (Å²) in [5.41, 5.74) is 1.95. The second kappa shape index (κ2) is 10.9. The number of aromatic nitrogens is 3. The van der Waals surface area contributed by atoms with E-state index in [4.69, 9.17) is 21.1 Å². The van der Waals surface area contributed by atoms with Crippen molar-refractivity contribution in [3.05, 3.63) is 59.4 Å². The number of anilines is 1. The Balaban J connectivity index is 1.48. The first-order valence-electron chi connectivity index (χ1n) is 10.2. The molecule has 3 aromatic rings. The van der Waals surface area contributed by atoms with Gasteiger partial charge in [0.25, 0.3) is 0 Å². The topological polar surface area (TPSA) is 64.4 Å². The number of hydrogen-bond donors (Lipinski definition) is 1. The van der Waals surface area contributed by atoms with Crippen molar-refractivity contribution in [2.45, 2.75) is 11.7 Å². The second-order valence-corrected chi connectivity index (χ2v) is 8.60. The third-order valence-corrected chi connectivity index (χ3v) is 6.19. The first kappa shape index (κ1) is 22.0. The van der Waals surface area contributed by atoms with Gasteiger partial charge in [-0.2, -0.15) is 0 Å². The van der Waals surface area contributed by atoms with E-state index in [-0.39, 0.29) is 0 Å². The van der Waals surface area contributed by atoms with Gasteiger partial charge < -0.3 is 14.8 Å². The Morgan fingerprint density at radius 2 is 1.94 bits per heavy atom. The maximum Gasteiger partial charge on any atom is 0.195 e. The molecule has 1 aliphatic rings. The standard InChI is InChI=1S/C22H26ClN5O2S/c1-29-20-7-5-18(6-8-20)24-16-21-25-26-22(28(21)19-4-2-3-17(23)15-19)31-14-11-27-9-12-30-13-10-27/h2-8,15,24H,9-14,16H2,1H3. The van der Waals surface area contributed by atoms with Crippen LogP contribution in [0.4, 0.5) is 5.69 Å². The maximum absolute atomic E-state index is 6.27. The van der Waals surface area contributed by atoms with E-state index in [1.165, 1.54) is 0 Å². The molecule has 2 aromatic carbocycles. The molecule has 9 heteroatoms. The van der Waals surface area contributed by atoms with Gasteiger partial charge in [-0.3, -0.25) is 9.47 Å². The Hall–Kier alpha value is -2.26. The number of thioether (sulfide) groups is 1. The smallest absolute Gasteiger partial charge is 0.195 e. The van der Waals surface area contributed by atoms with Crippen molar-refractivity contribution in [2.24, 2.45) is 0 Å². The van der Waals surface area contributed by atoms with Crippen molar-refractivity contribution in [1.29, 1.82) is 0 Å². The highest BCUT2D eigenvalue weighted by Crippen LogP contribution is 2.25. The molecular formula is C22H26ClN5O2S. The lowest BCUT2D eigenvalue weighted by atomic mass is 10.3. The lowest BCUT2D eigenvalue weighted by Gasteiger charge is -2.26. The third kappa shape index (κ3) is 5.92. The summed E-state index contributed by atoms with van der Waals surface area (Å²) >= 11 is 7.98. The number of methoxy groups -OCH3 is 1. The molecule has 0 amide bonds. The minimum absolute atomic E-state index is 0.538. The molecule has 0 aliphatic carbocycles. The molecular weight excluding hydrogens is 434 g/mol. The van der Waals surface area contributed by atoms with Crippen LogP contribution in [0.3, 0.4) is 0 Å². The van der Waals surface area contributed by atoms with E-state index in [1.807, 2.05) is 48.5 Å². The minimum Gasteiger partial charge on any atom is -0.497 e. The van der Waals surface area contributed by atoms with Gasteiger partial charge >= 0.3 is 0 Å². The van der Waals surface area contributed by atoms with Crippen molar-refractivity contribution in [3.63, 3.8) is 0 Å². The normalized spacial score (nSPS) is 14.5. The predicted molar refractivity (Wildman–Crippen MR) is 125 cm³/mol. The zero-order valence-electron chi connectivity index (χ0n) is 17.5. The molecule has 0 spiro atoms. The van der Waals surface area contributed by atoms with Crippen LogP contribution in [0.5, 0.6) is 5.75 Å². The maximum atomic E-state index is 6.27. The first-order chi connectivity index (χ1) is 15.2. The van der Waals surface area contributed by atoms with E-state index in [2.05, 4.69) is 25.0 Å². The van der Waals surface area contributed by atoms with Crippen molar-refractivity contribution >= 4 is 29.1 Å². The van der Waals surface area contributed by atoms with E-state index >= 15 is 0 Å². The summed E-state index contributed by atoms with van der Waals surface area (Å²) in [5.74, 6) is 2.59. The van der Waals surface area contributed by atoms with E-state index < -0.39 is 0 Å². The van der Waals surface area contributed by atoms with Gasteiger partial charge in [-0.25, -0.2) is 0 Å². The van der Waals surface area contributed by atoms with Crippen LogP contribution in [0.2, 0.25) is 5.02 Å². The van der Waals surface area contributed by atoms with Gasteiger partial charge in [0.05, 0.1) is 32.6 Å². The first-order valence-corrected chi connectivity index (χ1v) is 11.6. The predicted octanol–water partition coefficient (Wildman–Crippen LogP) is 3.97. The van der Waals surface area contributed by atoms with Crippen LogP contribution in [-0.2, 0) is 11.3 Å². The Labute approximate surface area is 191 Å².